The van der Waals surface area contributed by atoms with Crippen LogP contribution in [-0.2, 0) is 27.8 Å². The highest BCUT2D eigenvalue weighted by molar-refractivity contribution is 7.93. The summed E-state index contributed by atoms with van der Waals surface area (Å²) in [4.78, 5) is 16.5. The number of rotatable bonds is 9. The summed E-state index contributed by atoms with van der Waals surface area (Å²) >= 11 is 1.12. The second-order valence-electron chi connectivity index (χ2n) is 6.23. The van der Waals surface area contributed by atoms with Gasteiger partial charge in [-0.3, -0.25) is 9.52 Å². The fourth-order valence-corrected chi connectivity index (χ4v) is 4.50. The van der Waals surface area contributed by atoms with Gasteiger partial charge >= 0.3 is 0 Å². The SMILES string of the molecule is COc1ccc(CNC(=O)Cc2csc(NS(=O)(=O)c3ccc(OC)cc3)n2)cc1. The summed E-state index contributed by atoms with van der Waals surface area (Å²) in [5.41, 5.74) is 1.43. The first-order valence-corrected chi connectivity index (χ1v) is 11.3. The molecule has 10 heteroatoms. The van der Waals surface area contributed by atoms with Crippen molar-refractivity contribution in [2.24, 2.45) is 0 Å². The third kappa shape index (κ3) is 5.71. The molecule has 8 nitrogen and oxygen atoms in total. The number of nitrogens with one attached hydrogen (secondary N) is 2. The maximum absolute atomic E-state index is 12.5. The molecule has 0 saturated heterocycles. The molecule has 0 atom stereocenters. The monoisotopic (exact) mass is 447 g/mol. The molecule has 0 fully saturated rings. The highest BCUT2D eigenvalue weighted by Crippen LogP contribution is 2.22. The van der Waals surface area contributed by atoms with Gasteiger partial charge < -0.3 is 14.8 Å². The smallest absolute Gasteiger partial charge is 0.263 e. The molecular formula is C20H21N3O5S2. The topological polar surface area (TPSA) is 107 Å². The second kappa shape index (κ2) is 9.59. The molecule has 3 rings (SSSR count). The number of sulfonamides is 1. The van der Waals surface area contributed by atoms with Crippen molar-refractivity contribution in [3.05, 3.63) is 65.2 Å². The first kappa shape index (κ1) is 21.6. The van der Waals surface area contributed by atoms with Crippen molar-refractivity contribution in [3.63, 3.8) is 0 Å². The number of methoxy groups -OCH3 is 2. The van der Waals surface area contributed by atoms with E-state index in [-0.39, 0.29) is 22.4 Å². The molecule has 0 bridgehead atoms. The fraction of sp³-hybridized carbons (Fsp3) is 0.200. The molecule has 30 heavy (non-hydrogen) atoms. The van der Waals surface area contributed by atoms with Crippen LogP contribution in [0.25, 0.3) is 0 Å². The largest absolute Gasteiger partial charge is 0.497 e. The maximum Gasteiger partial charge on any atom is 0.263 e. The average molecular weight is 448 g/mol. The first-order chi connectivity index (χ1) is 14.4. The van der Waals surface area contributed by atoms with Gasteiger partial charge in [-0.25, -0.2) is 13.4 Å². The van der Waals surface area contributed by atoms with Gasteiger partial charge in [-0.15, -0.1) is 11.3 Å². The molecule has 2 aromatic carbocycles. The first-order valence-electron chi connectivity index (χ1n) is 8.90. The Labute approximate surface area is 178 Å². The lowest BCUT2D eigenvalue weighted by molar-refractivity contribution is -0.120. The zero-order chi connectivity index (χ0) is 21.6. The van der Waals surface area contributed by atoms with Crippen molar-refractivity contribution in [2.75, 3.05) is 18.9 Å². The molecule has 0 spiro atoms. The van der Waals surface area contributed by atoms with Crippen molar-refractivity contribution in [2.45, 2.75) is 17.9 Å². The summed E-state index contributed by atoms with van der Waals surface area (Å²) in [5, 5.41) is 4.66. The lowest BCUT2D eigenvalue weighted by atomic mass is 10.2. The number of ether oxygens (including phenoxy) is 2. The molecule has 0 radical (unpaired) electrons. The maximum atomic E-state index is 12.5. The Morgan fingerprint density at radius 2 is 1.60 bits per heavy atom. The summed E-state index contributed by atoms with van der Waals surface area (Å²) < 4.78 is 37.5. The number of hydrogen-bond acceptors (Lipinski definition) is 7. The average Bonchev–Trinajstić information content (AvgIpc) is 3.18. The van der Waals surface area contributed by atoms with Gasteiger partial charge in [-0.1, -0.05) is 12.1 Å². The van der Waals surface area contributed by atoms with Gasteiger partial charge in [0.15, 0.2) is 5.13 Å². The number of anilines is 1. The molecule has 1 amide bonds. The Morgan fingerprint density at radius 3 is 2.20 bits per heavy atom. The van der Waals surface area contributed by atoms with Crippen molar-refractivity contribution >= 4 is 32.4 Å². The van der Waals surface area contributed by atoms with Crippen LogP contribution in [-0.4, -0.2) is 33.5 Å². The van der Waals surface area contributed by atoms with Gasteiger partial charge in [0.25, 0.3) is 10.0 Å². The van der Waals surface area contributed by atoms with Gasteiger partial charge in [0.05, 0.1) is 31.2 Å². The number of aromatic nitrogens is 1. The van der Waals surface area contributed by atoms with Gasteiger partial charge in [0.1, 0.15) is 11.5 Å². The predicted molar refractivity (Wildman–Crippen MR) is 114 cm³/mol. The zero-order valence-corrected chi connectivity index (χ0v) is 18.0. The molecule has 0 unspecified atom stereocenters. The Balaban J connectivity index is 1.55. The summed E-state index contributed by atoms with van der Waals surface area (Å²) in [7, 11) is -0.675. The molecule has 0 aliphatic carbocycles. The van der Waals surface area contributed by atoms with E-state index in [2.05, 4.69) is 15.0 Å². The molecule has 2 N–H and O–H groups in total. The minimum atomic E-state index is -3.77. The number of hydrogen-bond donors (Lipinski definition) is 2. The van der Waals surface area contributed by atoms with E-state index >= 15 is 0 Å². The number of benzene rings is 2. The van der Waals surface area contributed by atoms with Crippen LogP contribution in [0.2, 0.25) is 0 Å². The second-order valence-corrected chi connectivity index (χ2v) is 8.77. The molecular weight excluding hydrogens is 426 g/mol. The summed E-state index contributed by atoms with van der Waals surface area (Å²) in [6, 6.07) is 13.4. The van der Waals surface area contributed by atoms with E-state index in [1.807, 2.05) is 24.3 Å². The summed E-state index contributed by atoms with van der Waals surface area (Å²) in [6.07, 6.45) is 0.0525. The third-order valence-corrected chi connectivity index (χ3v) is 6.42. The molecule has 3 aromatic rings. The van der Waals surface area contributed by atoms with E-state index in [0.717, 1.165) is 22.6 Å². The number of carbonyl (C=O) groups is 1. The Hall–Kier alpha value is -3.11. The number of nitrogens with zero attached hydrogens (tertiary/aromatic N) is 1. The van der Waals surface area contributed by atoms with E-state index in [1.165, 1.54) is 19.2 Å². The lowest BCUT2D eigenvalue weighted by Gasteiger charge is -2.06. The third-order valence-electron chi connectivity index (χ3n) is 4.13. The molecule has 0 saturated carbocycles. The van der Waals surface area contributed by atoms with E-state index in [1.54, 1.807) is 24.6 Å². The van der Waals surface area contributed by atoms with Crippen LogP contribution in [0, 0.1) is 0 Å². The predicted octanol–water partition coefficient (Wildman–Crippen LogP) is 2.82. The van der Waals surface area contributed by atoms with Gasteiger partial charge in [-0.2, -0.15) is 0 Å². The number of amides is 1. The normalized spacial score (nSPS) is 11.0. The molecule has 0 aliphatic rings. The summed E-state index contributed by atoms with van der Waals surface area (Å²) in [6.45, 7) is 0.379. The highest BCUT2D eigenvalue weighted by Gasteiger charge is 2.17. The van der Waals surface area contributed by atoms with Gasteiger partial charge in [0.2, 0.25) is 5.91 Å². The molecule has 1 aromatic heterocycles. The van der Waals surface area contributed by atoms with Crippen LogP contribution in [0.4, 0.5) is 5.13 Å². The Kier molecular flexibility index (Phi) is 6.91. The standard InChI is InChI=1S/C20H21N3O5S2/c1-27-16-5-3-14(4-6-16)12-21-19(24)11-15-13-29-20(22-15)23-30(25,26)18-9-7-17(28-2)8-10-18/h3-10,13H,11-12H2,1-2H3,(H,21,24)(H,22,23). The van der Waals surface area contributed by atoms with E-state index in [0.29, 0.717) is 18.0 Å². The molecule has 158 valence electrons. The number of thiazole rings is 1. The zero-order valence-electron chi connectivity index (χ0n) is 16.4. The highest BCUT2D eigenvalue weighted by atomic mass is 32.2. The van der Waals surface area contributed by atoms with Crippen LogP contribution in [0.1, 0.15) is 11.3 Å². The fourth-order valence-electron chi connectivity index (χ4n) is 2.53. The van der Waals surface area contributed by atoms with Gasteiger partial charge in [-0.05, 0) is 42.0 Å². The summed E-state index contributed by atoms with van der Waals surface area (Å²) in [5.74, 6) is 1.10. The van der Waals surface area contributed by atoms with Crippen LogP contribution in [0.3, 0.4) is 0 Å². The van der Waals surface area contributed by atoms with E-state index in [4.69, 9.17) is 9.47 Å². The molecule has 0 aliphatic heterocycles. The van der Waals surface area contributed by atoms with E-state index in [9.17, 15) is 13.2 Å². The lowest BCUT2D eigenvalue weighted by Crippen LogP contribution is -2.24. The van der Waals surface area contributed by atoms with Gasteiger partial charge in [0, 0.05) is 11.9 Å². The van der Waals surface area contributed by atoms with Crippen molar-refractivity contribution in [1.29, 1.82) is 0 Å². The van der Waals surface area contributed by atoms with E-state index < -0.39 is 10.0 Å². The van der Waals surface area contributed by atoms with Crippen molar-refractivity contribution < 1.29 is 22.7 Å². The van der Waals surface area contributed by atoms with Crippen LogP contribution in [0.5, 0.6) is 11.5 Å². The Bertz CT molecular complexity index is 1090. The molecule has 1 heterocycles. The quantitative estimate of drug-likeness (QED) is 0.522. The number of carbonyl (C=O) groups excluding carboxylic acids is 1. The Morgan fingerprint density at radius 1 is 1.00 bits per heavy atom. The van der Waals surface area contributed by atoms with Crippen molar-refractivity contribution in [1.82, 2.24) is 10.3 Å². The van der Waals surface area contributed by atoms with Crippen molar-refractivity contribution in [3.8, 4) is 11.5 Å². The van der Waals surface area contributed by atoms with Crippen LogP contribution >= 0.6 is 11.3 Å². The minimum Gasteiger partial charge on any atom is -0.497 e. The van der Waals surface area contributed by atoms with Crippen LogP contribution < -0.4 is 19.5 Å². The van der Waals surface area contributed by atoms with Crippen LogP contribution in [0.15, 0.2) is 58.8 Å². The minimum absolute atomic E-state index is 0.0525.